The van der Waals surface area contributed by atoms with Crippen LogP contribution in [-0.4, -0.2) is 38.2 Å². The van der Waals surface area contributed by atoms with Crippen molar-refractivity contribution in [1.29, 1.82) is 0 Å². The van der Waals surface area contributed by atoms with E-state index in [-0.39, 0.29) is 12.2 Å². The highest BCUT2D eigenvalue weighted by Crippen LogP contribution is 2.23. The molecule has 1 saturated heterocycles. The van der Waals surface area contributed by atoms with Crippen LogP contribution in [-0.2, 0) is 17.7 Å². The molecule has 0 aromatic carbocycles. The van der Waals surface area contributed by atoms with Crippen molar-refractivity contribution in [2.75, 3.05) is 0 Å². The smallest absolute Gasteiger partial charge is 0.138 e. The number of hydrogen-bond acceptors (Lipinski definition) is 4. The van der Waals surface area contributed by atoms with Gasteiger partial charge in [-0.3, -0.25) is 4.68 Å². The molecule has 0 amide bonds. The molecule has 17 heavy (non-hydrogen) atoms. The molecule has 0 aliphatic carbocycles. The van der Waals surface area contributed by atoms with Crippen LogP contribution in [0.5, 0.6) is 0 Å². The van der Waals surface area contributed by atoms with Crippen LogP contribution in [0.25, 0.3) is 0 Å². The molecule has 96 valence electrons. The maximum absolute atomic E-state index is 10.1. The van der Waals surface area contributed by atoms with Gasteiger partial charge in [-0.15, -0.1) is 0 Å². The zero-order valence-corrected chi connectivity index (χ0v) is 10.5. The van der Waals surface area contributed by atoms with Crippen molar-refractivity contribution in [3.05, 3.63) is 12.2 Å². The summed E-state index contributed by atoms with van der Waals surface area (Å²) >= 11 is 0. The van der Waals surface area contributed by atoms with E-state index in [0.717, 1.165) is 31.6 Å². The van der Waals surface area contributed by atoms with Gasteiger partial charge in [-0.25, -0.2) is 4.98 Å². The lowest BCUT2D eigenvalue weighted by Crippen LogP contribution is -2.29. The number of aryl methyl sites for hydroxylation is 1. The third-order valence-corrected chi connectivity index (χ3v) is 3.22. The maximum atomic E-state index is 10.1. The summed E-state index contributed by atoms with van der Waals surface area (Å²) in [5, 5.41) is 14.3. The molecule has 1 aliphatic rings. The average Bonchev–Trinajstić information content (AvgIpc) is 2.89. The molecule has 5 nitrogen and oxygen atoms in total. The van der Waals surface area contributed by atoms with Gasteiger partial charge in [-0.1, -0.05) is 6.92 Å². The molecule has 0 saturated carbocycles. The highest BCUT2D eigenvalue weighted by Gasteiger charge is 2.29. The Bertz CT molecular complexity index is 353. The Morgan fingerprint density at radius 2 is 2.41 bits per heavy atom. The first-order valence-electron chi connectivity index (χ1n) is 6.41. The van der Waals surface area contributed by atoms with Gasteiger partial charge in [0, 0.05) is 13.0 Å². The van der Waals surface area contributed by atoms with E-state index >= 15 is 0 Å². The second-order valence-corrected chi connectivity index (χ2v) is 4.73. The Labute approximate surface area is 102 Å². The van der Waals surface area contributed by atoms with Crippen molar-refractivity contribution in [2.45, 2.75) is 64.4 Å². The molecule has 1 aliphatic heterocycles. The normalized spacial score (nSPS) is 26.3. The Balaban J connectivity index is 1.93. The van der Waals surface area contributed by atoms with Crippen LogP contribution in [0.4, 0.5) is 0 Å². The van der Waals surface area contributed by atoms with Gasteiger partial charge < -0.3 is 9.84 Å². The molecule has 1 aromatic rings. The van der Waals surface area contributed by atoms with E-state index in [1.807, 2.05) is 11.6 Å². The largest absolute Gasteiger partial charge is 0.390 e. The van der Waals surface area contributed by atoms with Crippen molar-refractivity contribution < 1.29 is 9.84 Å². The highest BCUT2D eigenvalue weighted by molar-refractivity contribution is 4.91. The zero-order chi connectivity index (χ0) is 12.3. The number of nitrogens with zero attached hydrogens (tertiary/aromatic N) is 3. The van der Waals surface area contributed by atoms with E-state index in [1.165, 1.54) is 0 Å². The maximum Gasteiger partial charge on any atom is 0.138 e. The summed E-state index contributed by atoms with van der Waals surface area (Å²) in [6.07, 6.45) is 4.81. The lowest BCUT2D eigenvalue weighted by atomic mass is 10.1. The van der Waals surface area contributed by atoms with Crippen LogP contribution in [0.3, 0.4) is 0 Å². The van der Waals surface area contributed by atoms with Gasteiger partial charge in [-0.05, 0) is 26.2 Å². The molecular formula is C12H21N3O2. The molecule has 3 unspecified atom stereocenters. The molecule has 0 bridgehead atoms. The Morgan fingerprint density at radius 1 is 1.59 bits per heavy atom. The van der Waals surface area contributed by atoms with Gasteiger partial charge in [0.05, 0.1) is 18.3 Å². The number of aliphatic hydroxyl groups excluding tert-OH is 1. The minimum absolute atomic E-state index is 0.0447. The summed E-state index contributed by atoms with van der Waals surface area (Å²) < 4.78 is 7.53. The van der Waals surface area contributed by atoms with E-state index in [0.29, 0.717) is 6.42 Å². The minimum Gasteiger partial charge on any atom is -0.390 e. The number of aliphatic hydroxyl groups is 1. The van der Waals surface area contributed by atoms with E-state index in [1.54, 1.807) is 6.33 Å². The van der Waals surface area contributed by atoms with Crippen LogP contribution in [0.1, 0.15) is 38.9 Å². The molecular weight excluding hydrogens is 218 g/mol. The monoisotopic (exact) mass is 239 g/mol. The summed E-state index contributed by atoms with van der Waals surface area (Å²) in [6.45, 7) is 5.00. The molecule has 2 heterocycles. The SMILES string of the molecule is CCCn1ncnc1CC(O)C1CCC(C)O1. The summed E-state index contributed by atoms with van der Waals surface area (Å²) in [7, 11) is 0. The fourth-order valence-electron chi connectivity index (χ4n) is 2.28. The van der Waals surface area contributed by atoms with Crippen molar-refractivity contribution in [3.63, 3.8) is 0 Å². The topological polar surface area (TPSA) is 60.2 Å². The van der Waals surface area contributed by atoms with E-state index in [2.05, 4.69) is 17.0 Å². The summed E-state index contributed by atoms with van der Waals surface area (Å²) in [6, 6.07) is 0. The van der Waals surface area contributed by atoms with Crippen LogP contribution >= 0.6 is 0 Å². The standard InChI is InChI=1S/C12H21N3O2/c1-3-6-15-12(13-8-14-15)7-10(16)11-5-4-9(2)17-11/h8-11,16H,3-7H2,1-2H3. The fourth-order valence-corrected chi connectivity index (χ4v) is 2.28. The molecule has 0 radical (unpaired) electrons. The molecule has 3 atom stereocenters. The summed E-state index contributed by atoms with van der Waals surface area (Å²) in [4.78, 5) is 4.20. The van der Waals surface area contributed by atoms with Crippen LogP contribution < -0.4 is 0 Å². The molecule has 5 heteroatoms. The minimum atomic E-state index is -0.472. The van der Waals surface area contributed by atoms with Gasteiger partial charge >= 0.3 is 0 Å². The predicted molar refractivity (Wildman–Crippen MR) is 63.6 cm³/mol. The van der Waals surface area contributed by atoms with E-state index < -0.39 is 6.10 Å². The lowest BCUT2D eigenvalue weighted by Gasteiger charge is -2.18. The van der Waals surface area contributed by atoms with Crippen LogP contribution in [0.2, 0.25) is 0 Å². The molecule has 1 aromatic heterocycles. The van der Waals surface area contributed by atoms with E-state index in [9.17, 15) is 5.11 Å². The van der Waals surface area contributed by atoms with Crippen molar-refractivity contribution in [2.24, 2.45) is 0 Å². The van der Waals surface area contributed by atoms with Crippen molar-refractivity contribution in [1.82, 2.24) is 14.8 Å². The zero-order valence-electron chi connectivity index (χ0n) is 10.5. The fraction of sp³-hybridized carbons (Fsp3) is 0.833. The highest BCUT2D eigenvalue weighted by atomic mass is 16.5. The number of hydrogen-bond donors (Lipinski definition) is 1. The van der Waals surface area contributed by atoms with E-state index in [4.69, 9.17) is 4.74 Å². The molecule has 0 spiro atoms. The van der Waals surface area contributed by atoms with Gasteiger partial charge in [0.25, 0.3) is 0 Å². The lowest BCUT2D eigenvalue weighted by molar-refractivity contribution is -0.0289. The van der Waals surface area contributed by atoms with Crippen molar-refractivity contribution in [3.8, 4) is 0 Å². The first-order chi connectivity index (χ1) is 8.20. The first-order valence-corrected chi connectivity index (χ1v) is 6.41. The Kier molecular flexibility index (Phi) is 4.12. The Hall–Kier alpha value is -0.940. The van der Waals surface area contributed by atoms with Gasteiger partial charge in [0.15, 0.2) is 0 Å². The Morgan fingerprint density at radius 3 is 3.06 bits per heavy atom. The van der Waals surface area contributed by atoms with Gasteiger partial charge in [0.2, 0.25) is 0 Å². The predicted octanol–water partition coefficient (Wildman–Crippen LogP) is 1.16. The first kappa shape index (κ1) is 12.5. The van der Waals surface area contributed by atoms with Gasteiger partial charge in [-0.2, -0.15) is 5.10 Å². The molecule has 1 N–H and O–H groups in total. The van der Waals surface area contributed by atoms with Crippen molar-refractivity contribution >= 4 is 0 Å². The second kappa shape index (κ2) is 5.60. The number of aromatic nitrogens is 3. The second-order valence-electron chi connectivity index (χ2n) is 4.73. The van der Waals surface area contributed by atoms with Crippen LogP contribution in [0.15, 0.2) is 6.33 Å². The number of ether oxygens (including phenoxy) is 1. The number of rotatable bonds is 5. The molecule has 1 fully saturated rings. The molecule has 2 rings (SSSR count). The van der Waals surface area contributed by atoms with Crippen LogP contribution in [0, 0.1) is 0 Å². The quantitative estimate of drug-likeness (QED) is 0.837. The summed E-state index contributed by atoms with van der Waals surface area (Å²) in [5.41, 5.74) is 0. The average molecular weight is 239 g/mol. The third-order valence-electron chi connectivity index (χ3n) is 3.22. The summed E-state index contributed by atoms with van der Waals surface area (Å²) in [5.74, 6) is 0.850. The third kappa shape index (κ3) is 3.04. The van der Waals surface area contributed by atoms with Gasteiger partial charge in [0.1, 0.15) is 12.2 Å².